The summed E-state index contributed by atoms with van der Waals surface area (Å²) in [6.07, 6.45) is 1.21. The van der Waals surface area contributed by atoms with Crippen LogP contribution in [0.25, 0.3) is 10.2 Å². The lowest BCUT2D eigenvalue weighted by Gasteiger charge is -2.26. The number of nitrogens with zero attached hydrogens (tertiary/aromatic N) is 3. The van der Waals surface area contributed by atoms with Gasteiger partial charge in [-0.25, -0.2) is 13.4 Å². The first kappa shape index (κ1) is 16.6. The van der Waals surface area contributed by atoms with Gasteiger partial charge in [0.25, 0.3) is 5.69 Å². The maximum Gasteiger partial charge on any atom is 0.270 e. The molecule has 0 saturated heterocycles. The number of thiazole rings is 1. The minimum absolute atomic E-state index is 0.0231. The zero-order chi connectivity index (χ0) is 16.5. The smallest absolute Gasteiger partial charge is 0.270 e. The van der Waals surface area contributed by atoms with Crippen LogP contribution in [-0.2, 0) is 9.84 Å². The highest BCUT2D eigenvalue weighted by Crippen LogP contribution is 2.32. The minimum atomic E-state index is -3.09. The van der Waals surface area contributed by atoms with Crippen molar-refractivity contribution in [2.45, 2.75) is 19.9 Å². The second-order valence-electron chi connectivity index (χ2n) is 5.13. The minimum Gasteiger partial charge on any atom is -0.345 e. The first-order chi connectivity index (χ1) is 10.2. The molecule has 1 atom stereocenters. The molecule has 0 aliphatic heterocycles. The maximum absolute atomic E-state index is 11.5. The Kier molecular flexibility index (Phi) is 4.66. The number of aromatic nitrogens is 1. The lowest BCUT2D eigenvalue weighted by molar-refractivity contribution is -0.384. The van der Waals surface area contributed by atoms with Crippen molar-refractivity contribution in [1.82, 2.24) is 4.98 Å². The Balaban J connectivity index is 2.37. The third-order valence-corrected chi connectivity index (χ3v) is 5.38. The van der Waals surface area contributed by atoms with E-state index in [9.17, 15) is 18.5 Å². The molecule has 0 bridgehead atoms. The van der Waals surface area contributed by atoms with Gasteiger partial charge >= 0.3 is 0 Å². The fraction of sp³-hybridized carbons (Fsp3) is 0.462. The van der Waals surface area contributed by atoms with Crippen molar-refractivity contribution in [3.8, 4) is 0 Å². The number of sulfone groups is 1. The second-order valence-corrected chi connectivity index (χ2v) is 8.33. The molecule has 0 radical (unpaired) electrons. The van der Waals surface area contributed by atoms with Crippen LogP contribution in [0.3, 0.4) is 0 Å². The van der Waals surface area contributed by atoms with E-state index in [2.05, 4.69) is 4.98 Å². The van der Waals surface area contributed by atoms with Crippen LogP contribution < -0.4 is 4.90 Å². The first-order valence-electron chi connectivity index (χ1n) is 6.70. The Morgan fingerprint density at radius 2 is 2.14 bits per heavy atom. The van der Waals surface area contributed by atoms with Gasteiger partial charge in [-0.3, -0.25) is 10.1 Å². The summed E-state index contributed by atoms with van der Waals surface area (Å²) in [5.74, 6) is 0.0386. The molecule has 120 valence electrons. The molecule has 0 fully saturated rings. The van der Waals surface area contributed by atoms with Crippen molar-refractivity contribution >= 4 is 42.2 Å². The average Bonchev–Trinajstić information content (AvgIpc) is 2.79. The molecule has 1 heterocycles. The molecule has 0 spiro atoms. The van der Waals surface area contributed by atoms with Crippen molar-refractivity contribution in [3.63, 3.8) is 0 Å². The van der Waals surface area contributed by atoms with Gasteiger partial charge in [-0.2, -0.15) is 0 Å². The summed E-state index contributed by atoms with van der Waals surface area (Å²) in [4.78, 5) is 16.7. The van der Waals surface area contributed by atoms with Crippen molar-refractivity contribution < 1.29 is 13.3 Å². The van der Waals surface area contributed by atoms with Gasteiger partial charge in [-0.05, 0) is 19.9 Å². The number of hydrogen-bond donors (Lipinski definition) is 0. The van der Waals surface area contributed by atoms with Gasteiger partial charge in [0.05, 0.1) is 20.9 Å². The lowest BCUT2D eigenvalue weighted by atomic mass is 10.3. The topological polar surface area (TPSA) is 93.4 Å². The Hall–Kier alpha value is -1.74. The quantitative estimate of drug-likeness (QED) is 0.591. The van der Waals surface area contributed by atoms with E-state index in [1.165, 1.54) is 29.7 Å². The van der Waals surface area contributed by atoms with Crippen LogP contribution >= 0.6 is 11.3 Å². The molecule has 0 amide bonds. The highest BCUT2D eigenvalue weighted by Gasteiger charge is 2.21. The van der Waals surface area contributed by atoms with E-state index in [0.717, 1.165) is 0 Å². The van der Waals surface area contributed by atoms with Crippen LogP contribution in [0, 0.1) is 10.1 Å². The van der Waals surface area contributed by atoms with Crippen molar-refractivity contribution in [2.24, 2.45) is 0 Å². The summed E-state index contributed by atoms with van der Waals surface area (Å²) in [7, 11) is -3.09. The number of fused-ring (bicyclic) bond motifs is 1. The van der Waals surface area contributed by atoms with E-state index in [4.69, 9.17) is 0 Å². The zero-order valence-corrected chi connectivity index (χ0v) is 14.1. The Bertz CT molecular complexity index is 801. The number of anilines is 1. The van der Waals surface area contributed by atoms with Gasteiger partial charge in [0.2, 0.25) is 0 Å². The van der Waals surface area contributed by atoms with E-state index in [0.29, 0.717) is 21.9 Å². The molecule has 0 aliphatic carbocycles. The molecule has 2 rings (SSSR count). The molecular weight excluding hydrogens is 326 g/mol. The fourth-order valence-corrected chi connectivity index (χ4v) is 4.52. The predicted molar refractivity (Wildman–Crippen MR) is 88.5 cm³/mol. The number of hydrogen-bond acceptors (Lipinski definition) is 7. The van der Waals surface area contributed by atoms with Crippen LogP contribution in [-0.4, -0.2) is 42.9 Å². The molecule has 7 nitrogen and oxygen atoms in total. The number of nitro groups is 1. The summed E-state index contributed by atoms with van der Waals surface area (Å²) in [6, 6.07) is 4.31. The zero-order valence-electron chi connectivity index (χ0n) is 12.5. The molecule has 22 heavy (non-hydrogen) atoms. The molecule has 9 heteroatoms. The van der Waals surface area contributed by atoms with Gasteiger partial charge in [-0.1, -0.05) is 11.3 Å². The summed E-state index contributed by atoms with van der Waals surface area (Å²) < 4.78 is 23.6. The van der Waals surface area contributed by atoms with Gasteiger partial charge < -0.3 is 4.90 Å². The predicted octanol–water partition coefficient (Wildman–Crippen LogP) is 2.46. The SMILES string of the molecule is CCN(c1nc2ccc([N+](=O)[O-])cc2s1)C(C)CS(C)(=O)=O. The number of rotatable bonds is 6. The Labute approximate surface area is 132 Å². The number of benzene rings is 1. The standard InChI is InChI=1S/C13H17N3O4S2/c1-4-15(9(2)8-22(3,19)20)13-14-11-6-5-10(16(17)18)7-12(11)21-13/h5-7,9H,4,8H2,1-3H3. The Morgan fingerprint density at radius 1 is 1.45 bits per heavy atom. The van der Waals surface area contributed by atoms with Crippen LogP contribution in [0.15, 0.2) is 18.2 Å². The molecule has 0 aliphatic rings. The van der Waals surface area contributed by atoms with Gasteiger partial charge in [0, 0.05) is 31.0 Å². The summed E-state index contributed by atoms with van der Waals surface area (Å²) in [5, 5.41) is 11.5. The largest absolute Gasteiger partial charge is 0.345 e. The monoisotopic (exact) mass is 343 g/mol. The first-order valence-corrected chi connectivity index (χ1v) is 9.58. The normalized spacial score (nSPS) is 13.2. The summed E-state index contributed by atoms with van der Waals surface area (Å²) >= 11 is 1.33. The second kappa shape index (κ2) is 6.17. The van der Waals surface area contributed by atoms with Gasteiger partial charge in [-0.15, -0.1) is 0 Å². The summed E-state index contributed by atoms with van der Waals surface area (Å²) in [5.41, 5.74) is 0.700. The van der Waals surface area contributed by atoms with Crippen molar-refractivity contribution in [1.29, 1.82) is 0 Å². The van der Waals surface area contributed by atoms with Crippen LogP contribution in [0.5, 0.6) is 0 Å². The molecule has 0 N–H and O–H groups in total. The molecule has 1 unspecified atom stereocenters. The third-order valence-electron chi connectivity index (χ3n) is 3.23. The highest BCUT2D eigenvalue weighted by atomic mass is 32.2. The summed E-state index contributed by atoms with van der Waals surface area (Å²) in [6.45, 7) is 4.37. The van der Waals surface area contributed by atoms with E-state index >= 15 is 0 Å². The van der Waals surface area contributed by atoms with Crippen LogP contribution in [0.2, 0.25) is 0 Å². The fourth-order valence-electron chi connectivity index (χ4n) is 2.30. The Morgan fingerprint density at radius 3 is 2.68 bits per heavy atom. The third kappa shape index (κ3) is 3.72. The van der Waals surface area contributed by atoms with Crippen molar-refractivity contribution in [3.05, 3.63) is 28.3 Å². The molecular formula is C13H17N3O4S2. The van der Waals surface area contributed by atoms with Crippen LogP contribution in [0.4, 0.5) is 10.8 Å². The maximum atomic E-state index is 11.5. The van der Waals surface area contributed by atoms with Gasteiger partial charge in [0.15, 0.2) is 5.13 Å². The lowest BCUT2D eigenvalue weighted by Crippen LogP contribution is -2.37. The molecule has 1 aromatic heterocycles. The highest BCUT2D eigenvalue weighted by molar-refractivity contribution is 7.90. The molecule has 0 saturated carbocycles. The van der Waals surface area contributed by atoms with Gasteiger partial charge in [0.1, 0.15) is 9.84 Å². The molecule has 2 aromatic rings. The average molecular weight is 343 g/mol. The van der Waals surface area contributed by atoms with E-state index < -0.39 is 14.8 Å². The van der Waals surface area contributed by atoms with Crippen molar-refractivity contribution in [2.75, 3.05) is 23.5 Å². The number of non-ortho nitro benzene ring substituents is 1. The van der Waals surface area contributed by atoms with Crippen LogP contribution in [0.1, 0.15) is 13.8 Å². The number of nitro benzene ring substituents is 1. The van der Waals surface area contributed by atoms with E-state index in [-0.39, 0.29) is 17.5 Å². The van der Waals surface area contributed by atoms with E-state index in [1.54, 1.807) is 6.07 Å². The van der Waals surface area contributed by atoms with E-state index in [1.807, 2.05) is 18.7 Å². The molecule has 1 aromatic carbocycles.